The van der Waals surface area contributed by atoms with Gasteiger partial charge in [-0.1, -0.05) is 18.9 Å². The molecule has 0 saturated heterocycles. The second-order valence-corrected chi connectivity index (χ2v) is 7.54. The Hall–Kier alpha value is -2.70. The van der Waals surface area contributed by atoms with E-state index in [1.165, 1.54) is 10.7 Å². The van der Waals surface area contributed by atoms with E-state index in [1.807, 2.05) is 6.92 Å². The van der Waals surface area contributed by atoms with Crippen LogP contribution in [0.25, 0.3) is 5.69 Å². The Kier molecular flexibility index (Phi) is 4.25. The zero-order valence-corrected chi connectivity index (χ0v) is 15.2. The number of hydrogen-bond donors (Lipinski definition) is 2. The molecule has 4 rings (SSSR count). The van der Waals surface area contributed by atoms with Crippen molar-refractivity contribution in [3.05, 3.63) is 46.5 Å². The number of hydrogen-bond acceptors (Lipinski definition) is 3. The number of fused-ring (bicyclic) bond motifs is 1. The number of benzene rings is 1. The van der Waals surface area contributed by atoms with E-state index in [0.29, 0.717) is 31.4 Å². The predicted octanol–water partition coefficient (Wildman–Crippen LogP) is 2.94. The summed E-state index contributed by atoms with van der Waals surface area (Å²) in [6.07, 6.45) is 4.65. The van der Waals surface area contributed by atoms with Crippen LogP contribution in [-0.2, 0) is 17.6 Å². The van der Waals surface area contributed by atoms with E-state index in [9.17, 15) is 19.1 Å². The summed E-state index contributed by atoms with van der Waals surface area (Å²) < 4.78 is 15.9. The highest BCUT2D eigenvalue weighted by Crippen LogP contribution is 2.32. The fourth-order valence-electron chi connectivity index (χ4n) is 4.25. The number of aromatic nitrogens is 2. The molecule has 0 bridgehead atoms. The standard InChI is InChI=1S/C20H22FN3O3/c1-12-7-8-14(21)16(11-12)24-15-6-4-5-13(15)17(23-24)18(25)22-20(19(26)27)9-2-3-10-20/h7-8,11H,2-6,9-10H2,1H3,(H,22,25)(H,26,27). The minimum Gasteiger partial charge on any atom is -0.480 e. The first-order valence-corrected chi connectivity index (χ1v) is 9.34. The number of rotatable bonds is 4. The molecular formula is C20H22FN3O3. The summed E-state index contributed by atoms with van der Waals surface area (Å²) >= 11 is 0. The number of carbonyl (C=O) groups excluding carboxylic acids is 1. The maximum absolute atomic E-state index is 14.4. The first-order valence-electron chi connectivity index (χ1n) is 9.34. The number of carboxylic acids is 1. The van der Waals surface area contributed by atoms with Gasteiger partial charge in [0.25, 0.3) is 5.91 Å². The number of aliphatic carboxylic acids is 1. The Balaban J connectivity index is 1.73. The molecule has 1 fully saturated rings. The van der Waals surface area contributed by atoms with Crippen LogP contribution in [0.15, 0.2) is 18.2 Å². The van der Waals surface area contributed by atoms with Crippen LogP contribution in [0.1, 0.15) is 59.4 Å². The molecule has 1 aromatic carbocycles. The van der Waals surface area contributed by atoms with Crippen LogP contribution in [0.3, 0.4) is 0 Å². The van der Waals surface area contributed by atoms with Gasteiger partial charge in [-0.3, -0.25) is 4.79 Å². The quantitative estimate of drug-likeness (QED) is 0.865. The van der Waals surface area contributed by atoms with Crippen molar-refractivity contribution in [2.45, 2.75) is 57.4 Å². The van der Waals surface area contributed by atoms with Crippen LogP contribution < -0.4 is 5.32 Å². The van der Waals surface area contributed by atoms with Crippen molar-refractivity contribution in [3.63, 3.8) is 0 Å². The van der Waals surface area contributed by atoms with Crippen LogP contribution in [-0.4, -0.2) is 32.3 Å². The molecule has 2 aromatic rings. The molecule has 1 heterocycles. The van der Waals surface area contributed by atoms with Gasteiger partial charge in [0.15, 0.2) is 5.69 Å². The zero-order valence-electron chi connectivity index (χ0n) is 15.2. The van der Waals surface area contributed by atoms with E-state index in [1.54, 1.807) is 12.1 Å². The molecule has 1 amide bonds. The summed E-state index contributed by atoms with van der Waals surface area (Å²) in [5.41, 5.74) is 1.85. The van der Waals surface area contributed by atoms with Gasteiger partial charge < -0.3 is 10.4 Å². The molecule has 0 radical (unpaired) electrons. The van der Waals surface area contributed by atoms with Crippen LogP contribution in [0.2, 0.25) is 0 Å². The van der Waals surface area contributed by atoms with Gasteiger partial charge in [-0.2, -0.15) is 5.10 Å². The van der Waals surface area contributed by atoms with Gasteiger partial charge in [0.2, 0.25) is 0 Å². The molecule has 1 aromatic heterocycles. The largest absolute Gasteiger partial charge is 0.480 e. The maximum Gasteiger partial charge on any atom is 0.329 e. The number of halogens is 1. The van der Waals surface area contributed by atoms with Crippen LogP contribution in [0.4, 0.5) is 4.39 Å². The normalized spacial score (nSPS) is 17.7. The van der Waals surface area contributed by atoms with Crippen molar-refractivity contribution < 1.29 is 19.1 Å². The molecule has 1 saturated carbocycles. The molecule has 7 heteroatoms. The fraction of sp³-hybridized carbons (Fsp3) is 0.450. The predicted molar refractivity (Wildman–Crippen MR) is 96.6 cm³/mol. The van der Waals surface area contributed by atoms with E-state index in [-0.39, 0.29) is 5.69 Å². The van der Waals surface area contributed by atoms with Crippen LogP contribution in [0, 0.1) is 12.7 Å². The van der Waals surface area contributed by atoms with E-state index < -0.39 is 23.2 Å². The molecular weight excluding hydrogens is 349 g/mol. The average Bonchev–Trinajstić information content (AvgIpc) is 3.33. The lowest BCUT2D eigenvalue weighted by Crippen LogP contribution is -2.52. The Bertz CT molecular complexity index is 929. The Morgan fingerprint density at radius 2 is 1.96 bits per heavy atom. The van der Waals surface area contributed by atoms with Crippen molar-refractivity contribution in [1.82, 2.24) is 15.1 Å². The van der Waals surface area contributed by atoms with Gasteiger partial charge in [-0.05, 0) is 56.7 Å². The monoisotopic (exact) mass is 371 g/mol. The lowest BCUT2D eigenvalue weighted by Gasteiger charge is -2.24. The Morgan fingerprint density at radius 1 is 1.22 bits per heavy atom. The van der Waals surface area contributed by atoms with Crippen molar-refractivity contribution in [1.29, 1.82) is 0 Å². The van der Waals surface area contributed by atoms with Crippen LogP contribution >= 0.6 is 0 Å². The molecule has 142 valence electrons. The number of nitrogens with zero attached hydrogens (tertiary/aromatic N) is 2. The number of carbonyl (C=O) groups is 2. The molecule has 2 aliphatic rings. The van der Waals surface area contributed by atoms with E-state index in [4.69, 9.17) is 0 Å². The van der Waals surface area contributed by atoms with Crippen molar-refractivity contribution in [2.75, 3.05) is 0 Å². The van der Waals surface area contributed by atoms with Crippen molar-refractivity contribution in [2.24, 2.45) is 0 Å². The molecule has 27 heavy (non-hydrogen) atoms. The van der Waals surface area contributed by atoms with E-state index in [0.717, 1.165) is 36.1 Å². The van der Waals surface area contributed by atoms with Crippen LogP contribution in [0.5, 0.6) is 0 Å². The number of carboxylic acid groups (broad SMARTS) is 1. The minimum atomic E-state index is -1.22. The van der Waals surface area contributed by atoms with Gasteiger partial charge >= 0.3 is 5.97 Å². The van der Waals surface area contributed by atoms with E-state index >= 15 is 0 Å². The second-order valence-electron chi connectivity index (χ2n) is 7.54. The summed E-state index contributed by atoms with van der Waals surface area (Å²) in [5.74, 6) is -1.89. The lowest BCUT2D eigenvalue weighted by atomic mass is 9.97. The molecule has 2 N–H and O–H groups in total. The highest BCUT2D eigenvalue weighted by Gasteiger charge is 2.43. The Labute approximate surface area is 156 Å². The highest BCUT2D eigenvalue weighted by atomic mass is 19.1. The summed E-state index contributed by atoms with van der Waals surface area (Å²) in [7, 11) is 0. The molecule has 0 spiro atoms. The Morgan fingerprint density at radius 3 is 2.67 bits per heavy atom. The molecule has 0 atom stereocenters. The number of amides is 1. The summed E-state index contributed by atoms with van der Waals surface area (Å²) in [6.45, 7) is 1.87. The molecule has 2 aliphatic carbocycles. The third-order valence-corrected chi connectivity index (χ3v) is 5.69. The molecule has 6 nitrogen and oxygen atoms in total. The third-order valence-electron chi connectivity index (χ3n) is 5.69. The summed E-state index contributed by atoms with van der Waals surface area (Å²) in [4.78, 5) is 24.7. The number of aryl methyl sites for hydroxylation is 1. The van der Waals surface area contributed by atoms with Gasteiger partial charge in [-0.25, -0.2) is 13.9 Å². The minimum absolute atomic E-state index is 0.218. The topological polar surface area (TPSA) is 84.2 Å². The summed E-state index contributed by atoms with van der Waals surface area (Å²) in [5, 5.41) is 16.7. The average molecular weight is 371 g/mol. The first-order chi connectivity index (χ1) is 12.9. The summed E-state index contributed by atoms with van der Waals surface area (Å²) in [6, 6.07) is 4.79. The van der Waals surface area contributed by atoms with Crippen molar-refractivity contribution in [3.8, 4) is 5.69 Å². The lowest BCUT2D eigenvalue weighted by molar-refractivity contribution is -0.144. The number of nitrogens with one attached hydrogen (secondary N) is 1. The first kappa shape index (κ1) is 17.7. The van der Waals surface area contributed by atoms with Gasteiger partial charge in [0.05, 0.1) is 0 Å². The van der Waals surface area contributed by atoms with Gasteiger partial charge in [0, 0.05) is 11.3 Å². The van der Waals surface area contributed by atoms with E-state index in [2.05, 4.69) is 10.4 Å². The highest BCUT2D eigenvalue weighted by molar-refractivity contribution is 5.98. The second kappa shape index (κ2) is 6.48. The molecule has 0 aliphatic heterocycles. The molecule has 0 unspecified atom stereocenters. The zero-order chi connectivity index (χ0) is 19.2. The SMILES string of the molecule is Cc1ccc(F)c(-n2nc(C(=O)NC3(C(=O)O)CCCC3)c3c2CCC3)c1. The van der Waals surface area contributed by atoms with Crippen molar-refractivity contribution >= 4 is 11.9 Å². The fourth-order valence-corrected chi connectivity index (χ4v) is 4.25. The maximum atomic E-state index is 14.4. The van der Waals surface area contributed by atoms with Gasteiger partial charge in [0.1, 0.15) is 17.0 Å². The van der Waals surface area contributed by atoms with Gasteiger partial charge in [-0.15, -0.1) is 0 Å². The smallest absolute Gasteiger partial charge is 0.329 e. The third kappa shape index (κ3) is 2.91.